The van der Waals surface area contributed by atoms with Gasteiger partial charge in [0.05, 0.1) is 0 Å². The third-order valence-electron chi connectivity index (χ3n) is 14.6. The van der Waals surface area contributed by atoms with Gasteiger partial charge in [-0.05, 0) is 199 Å². The van der Waals surface area contributed by atoms with Crippen molar-refractivity contribution >= 4 is 56.8 Å². The van der Waals surface area contributed by atoms with Crippen LogP contribution in [0, 0.1) is 0 Å². The molecule has 0 unspecified atom stereocenters. The summed E-state index contributed by atoms with van der Waals surface area (Å²) in [6.07, 6.45) is 24.7. The fraction of sp³-hybridized carbons (Fsp3) is 0.0833. The van der Waals surface area contributed by atoms with E-state index in [4.69, 9.17) is 0 Å². The summed E-state index contributed by atoms with van der Waals surface area (Å²) in [5.74, 6) is 0. The van der Waals surface area contributed by atoms with Crippen LogP contribution in [0.25, 0.3) is 27.8 Å². The maximum absolute atomic E-state index is 2.46. The molecule has 0 N–H and O–H groups in total. The molecule has 0 amide bonds. The number of para-hydroxylation sites is 4. The highest BCUT2D eigenvalue weighted by Gasteiger charge is 2.21. The number of allylic oxidation sites excluding steroid dienone is 10. The van der Waals surface area contributed by atoms with Gasteiger partial charge in [-0.1, -0.05) is 164 Å². The molecule has 12 rings (SSSR count). The molecule has 368 valence electrons. The lowest BCUT2D eigenvalue weighted by Gasteiger charge is -2.32. The Bertz CT molecular complexity index is 3540. The van der Waals surface area contributed by atoms with E-state index in [1.54, 1.807) is 0 Å². The van der Waals surface area contributed by atoms with Gasteiger partial charge in [0.2, 0.25) is 0 Å². The van der Waals surface area contributed by atoms with Gasteiger partial charge in [0.25, 0.3) is 0 Å². The SMILES string of the molecule is C1=CC(N(C2=CC=C(c3ccc(N(c4ccccc4)c4ccc(-c5ccc(N(c6ccccc6)c6ccccc6)cc5)cc4)cc3)CC2)c2ccc(-c3ccc(N(C4=CCCC=C4)c4ccccc4)cc3)cc2)=CCC1. The van der Waals surface area contributed by atoms with Gasteiger partial charge < -0.3 is 19.6 Å². The first-order chi connectivity index (χ1) is 37.7. The summed E-state index contributed by atoms with van der Waals surface area (Å²) < 4.78 is 0. The monoisotopic (exact) mass is 980 g/mol. The highest BCUT2D eigenvalue weighted by molar-refractivity contribution is 5.82. The predicted octanol–water partition coefficient (Wildman–Crippen LogP) is 20.1. The molecular formula is C72H60N4. The van der Waals surface area contributed by atoms with E-state index in [0.717, 1.165) is 78.3 Å². The molecule has 4 nitrogen and oxygen atoms in total. The van der Waals surface area contributed by atoms with Crippen molar-refractivity contribution in [2.24, 2.45) is 0 Å². The lowest BCUT2D eigenvalue weighted by atomic mass is 9.94. The van der Waals surface area contributed by atoms with Crippen LogP contribution >= 0.6 is 0 Å². The third-order valence-corrected chi connectivity index (χ3v) is 14.6. The summed E-state index contributed by atoms with van der Waals surface area (Å²) in [5, 5.41) is 0. The number of rotatable bonds is 15. The molecule has 0 atom stereocenters. The molecule has 9 aromatic carbocycles. The van der Waals surface area contributed by atoms with Crippen molar-refractivity contribution in [3.8, 4) is 22.3 Å². The Balaban J connectivity index is 0.767. The Kier molecular flexibility index (Phi) is 14.0. The molecule has 0 saturated carbocycles. The van der Waals surface area contributed by atoms with Crippen molar-refractivity contribution in [2.75, 3.05) is 19.6 Å². The van der Waals surface area contributed by atoms with Crippen LogP contribution in [0.15, 0.2) is 308 Å². The van der Waals surface area contributed by atoms with Gasteiger partial charge in [-0.3, -0.25) is 0 Å². The quantitative estimate of drug-likeness (QED) is 0.101. The Morgan fingerprint density at radius 1 is 0.237 bits per heavy atom. The first-order valence-electron chi connectivity index (χ1n) is 26.8. The van der Waals surface area contributed by atoms with Gasteiger partial charge >= 0.3 is 0 Å². The largest absolute Gasteiger partial charge is 0.315 e. The molecule has 0 fully saturated rings. The van der Waals surface area contributed by atoms with Crippen molar-refractivity contribution in [2.45, 2.75) is 38.5 Å². The number of benzene rings is 9. The Hall–Kier alpha value is -9.38. The molecular weight excluding hydrogens is 921 g/mol. The van der Waals surface area contributed by atoms with Gasteiger partial charge in [-0.15, -0.1) is 0 Å². The van der Waals surface area contributed by atoms with Crippen LogP contribution < -0.4 is 19.6 Å². The van der Waals surface area contributed by atoms with Gasteiger partial charge in [0.1, 0.15) is 0 Å². The van der Waals surface area contributed by atoms with E-state index >= 15 is 0 Å². The molecule has 0 spiro atoms. The molecule has 0 aromatic heterocycles. The molecule has 0 radical (unpaired) electrons. The van der Waals surface area contributed by atoms with Crippen molar-refractivity contribution in [1.29, 1.82) is 0 Å². The second-order valence-electron chi connectivity index (χ2n) is 19.5. The molecule has 9 aromatic rings. The fourth-order valence-electron chi connectivity index (χ4n) is 10.8. The molecule has 0 bridgehead atoms. The minimum absolute atomic E-state index is 0.940. The smallest absolute Gasteiger partial charge is 0.0462 e. The molecule has 4 heteroatoms. The summed E-state index contributed by atoms with van der Waals surface area (Å²) in [6.45, 7) is 0. The van der Waals surface area contributed by atoms with E-state index in [9.17, 15) is 0 Å². The van der Waals surface area contributed by atoms with E-state index in [0.29, 0.717) is 0 Å². The summed E-state index contributed by atoms with van der Waals surface area (Å²) in [4.78, 5) is 9.46. The molecule has 3 aliphatic rings. The van der Waals surface area contributed by atoms with E-state index in [1.165, 1.54) is 61.9 Å². The van der Waals surface area contributed by atoms with E-state index in [-0.39, 0.29) is 0 Å². The Morgan fingerprint density at radius 2 is 0.539 bits per heavy atom. The molecule has 76 heavy (non-hydrogen) atoms. The average molecular weight is 981 g/mol. The van der Waals surface area contributed by atoms with Crippen LogP contribution in [0.3, 0.4) is 0 Å². The van der Waals surface area contributed by atoms with Crippen molar-refractivity contribution in [1.82, 2.24) is 0 Å². The predicted molar refractivity (Wildman–Crippen MR) is 322 cm³/mol. The normalized spacial score (nSPS) is 13.9. The van der Waals surface area contributed by atoms with Crippen LogP contribution in [0.2, 0.25) is 0 Å². The van der Waals surface area contributed by atoms with Crippen LogP contribution in [0.4, 0.5) is 51.2 Å². The first kappa shape index (κ1) is 47.6. The fourth-order valence-corrected chi connectivity index (χ4v) is 10.8. The summed E-state index contributed by atoms with van der Waals surface area (Å²) in [5.41, 5.74) is 21.3. The van der Waals surface area contributed by atoms with E-state index in [1.807, 2.05) is 0 Å². The van der Waals surface area contributed by atoms with Gasteiger partial charge in [-0.2, -0.15) is 0 Å². The van der Waals surface area contributed by atoms with Crippen molar-refractivity contribution in [3.05, 3.63) is 314 Å². The zero-order valence-electron chi connectivity index (χ0n) is 42.7. The molecule has 0 saturated heterocycles. The maximum atomic E-state index is 2.46. The van der Waals surface area contributed by atoms with Crippen molar-refractivity contribution < 1.29 is 0 Å². The Morgan fingerprint density at radius 3 is 0.868 bits per heavy atom. The zero-order valence-corrected chi connectivity index (χ0v) is 42.7. The van der Waals surface area contributed by atoms with Crippen LogP contribution in [-0.4, -0.2) is 0 Å². The van der Waals surface area contributed by atoms with Crippen LogP contribution in [0.1, 0.15) is 44.1 Å². The Labute approximate surface area is 448 Å². The minimum atomic E-state index is 0.940. The second kappa shape index (κ2) is 22.4. The minimum Gasteiger partial charge on any atom is -0.315 e. The van der Waals surface area contributed by atoms with Gasteiger partial charge in [-0.25, -0.2) is 0 Å². The van der Waals surface area contributed by atoms with E-state index in [2.05, 4.69) is 311 Å². The lowest BCUT2D eigenvalue weighted by molar-refractivity contribution is 0.896. The lowest BCUT2D eigenvalue weighted by Crippen LogP contribution is -2.22. The summed E-state index contributed by atoms with van der Waals surface area (Å²) >= 11 is 0. The van der Waals surface area contributed by atoms with Gasteiger partial charge in [0, 0.05) is 68.3 Å². The summed E-state index contributed by atoms with van der Waals surface area (Å²) in [6, 6.07) is 87.5. The number of hydrogen-bond donors (Lipinski definition) is 0. The molecule has 3 aliphatic carbocycles. The summed E-state index contributed by atoms with van der Waals surface area (Å²) in [7, 11) is 0. The maximum Gasteiger partial charge on any atom is 0.0462 e. The highest BCUT2D eigenvalue weighted by Crippen LogP contribution is 2.41. The number of nitrogens with zero attached hydrogens (tertiary/aromatic N) is 4. The van der Waals surface area contributed by atoms with Crippen LogP contribution in [0.5, 0.6) is 0 Å². The topological polar surface area (TPSA) is 13.0 Å². The highest BCUT2D eigenvalue weighted by atomic mass is 15.2. The first-order valence-corrected chi connectivity index (χ1v) is 26.8. The molecule has 0 heterocycles. The van der Waals surface area contributed by atoms with Gasteiger partial charge in [0.15, 0.2) is 0 Å². The molecule has 0 aliphatic heterocycles. The number of anilines is 9. The van der Waals surface area contributed by atoms with Crippen molar-refractivity contribution in [3.63, 3.8) is 0 Å². The second-order valence-corrected chi connectivity index (χ2v) is 19.5. The zero-order chi connectivity index (χ0) is 50.9. The standard InChI is InChI=1S/C72H60N4/c1-7-19-61(20-8-1)73(62-21-9-2-10-22-62)67-43-31-55(32-44-67)57-35-47-69(48-36-57)75(65-27-15-5-16-28-65)71-51-39-59(40-52-71)60-41-53-72(54-42-60)76(66-29-17-6-18-30-66)70-49-37-58(38-50-70)56-33-45-68(46-34-56)74(63-23-11-3-12-24-63)64-25-13-4-14-26-64/h1-3,5,7-13,15-17,19-41,43-53H,4,6,14,18,42,54H2. The van der Waals surface area contributed by atoms with E-state index < -0.39 is 0 Å². The average Bonchev–Trinajstić information content (AvgIpc) is 3.51. The third kappa shape index (κ3) is 10.4. The number of hydrogen-bond acceptors (Lipinski definition) is 4. The van der Waals surface area contributed by atoms with Crippen LogP contribution in [-0.2, 0) is 0 Å².